The summed E-state index contributed by atoms with van der Waals surface area (Å²) < 4.78 is 4.40. The van der Waals surface area contributed by atoms with Crippen molar-refractivity contribution in [1.29, 1.82) is 0 Å². The molecule has 2 aliphatic rings. The van der Waals surface area contributed by atoms with Crippen molar-refractivity contribution >= 4 is 68.4 Å². The van der Waals surface area contributed by atoms with Gasteiger partial charge >= 0.3 is 5.97 Å². The molecule has 2 aliphatic heterocycles. The molecule has 2 amide bonds. The van der Waals surface area contributed by atoms with E-state index in [-0.39, 0.29) is 27.5 Å². The number of nitrogens with zero attached hydrogens (tertiary/aromatic N) is 6. The minimum atomic E-state index is -1.25. The highest BCUT2D eigenvalue weighted by Gasteiger charge is 2.54. The van der Waals surface area contributed by atoms with Gasteiger partial charge < -0.3 is 26.7 Å². The number of hydrogen-bond acceptors (Lipinski definition) is 14. The van der Waals surface area contributed by atoms with E-state index in [2.05, 4.69) is 34.9 Å². The number of nitrogens with one attached hydrogen (secondary N) is 1. The first kappa shape index (κ1) is 21.9. The first-order chi connectivity index (χ1) is 15.3. The summed E-state index contributed by atoms with van der Waals surface area (Å²) >= 11 is 3.10. The Labute approximate surface area is 191 Å². The molecule has 2 aromatic heterocycles. The predicted octanol–water partition coefficient (Wildman–Crippen LogP) is -0.518. The Kier molecular flexibility index (Phi) is 5.94. The summed E-state index contributed by atoms with van der Waals surface area (Å²) in [6.07, 6.45) is 0.804. The summed E-state index contributed by atoms with van der Waals surface area (Å²) in [6.45, 7) is 0. The molecule has 1 fully saturated rings. The smallest absolute Gasteiger partial charge is 0.353 e. The van der Waals surface area contributed by atoms with Crippen LogP contribution in [0, 0.1) is 0 Å². The zero-order valence-corrected chi connectivity index (χ0v) is 18.7. The molecule has 0 spiro atoms. The molecule has 0 bridgehead atoms. The molecule has 0 saturated carbocycles. The standard InChI is InChI=1S/C15H15N9O5S3/c1-29-22-7(9-19-13(16)32-23-9)10(25)18-6-4-2-3-5(30-15-21-20-14(17)31-15)8(12(27)28)24(4)11(6)26/h4,6H,2-3H2,1H3,(H2,17,20)(H,18,25)(H,27,28)(H2,16,19,23)/t4-,6+/m1/s1. The molecule has 2 aromatic rings. The van der Waals surface area contributed by atoms with E-state index in [4.69, 9.17) is 11.5 Å². The minimum absolute atomic E-state index is 0.0414. The van der Waals surface area contributed by atoms with Gasteiger partial charge in [0.25, 0.3) is 11.8 Å². The summed E-state index contributed by atoms with van der Waals surface area (Å²) in [5.41, 5.74) is 10.7. The van der Waals surface area contributed by atoms with Crippen molar-refractivity contribution in [3.05, 3.63) is 16.4 Å². The van der Waals surface area contributed by atoms with Crippen molar-refractivity contribution < 1.29 is 24.3 Å². The number of aromatic nitrogens is 4. The molecule has 6 N–H and O–H groups in total. The van der Waals surface area contributed by atoms with Gasteiger partial charge in [0.05, 0.1) is 6.04 Å². The molecule has 168 valence electrons. The number of β-lactam (4-membered cyclic amide) rings is 1. The number of hydrogen-bond donors (Lipinski definition) is 4. The largest absolute Gasteiger partial charge is 0.477 e. The quantitative estimate of drug-likeness (QED) is 0.216. The fourth-order valence-electron chi connectivity index (χ4n) is 3.31. The van der Waals surface area contributed by atoms with E-state index >= 15 is 0 Å². The summed E-state index contributed by atoms with van der Waals surface area (Å²) in [7, 11) is 1.25. The van der Waals surface area contributed by atoms with Crippen molar-refractivity contribution in [2.45, 2.75) is 29.3 Å². The number of thioether (sulfide) groups is 1. The van der Waals surface area contributed by atoms with Gasteiger partial charge in [0.1, 0.15) is 18.8 Å². The molecule has 4 heterocycles. The Hall–Kier alpha value is -3.31. The molecule has 2 atom stereocenters. The highest BCUT2D eigenvalue weighted by atomic mass is 32.2. The fraction of sp³-hybridized carbons (Fsp3) is 0.333. The molecule has 0 aromatic carbocycles. The number of oxime groups is 1. The molecule has 1 saturated heterocycles. The second-order valence-electron chi connectivity index (χ2n) is 6.43. The average Bonchev–Trinajstić information content (AvgIpc) is 3.37. The third-order valence-corrected chi connectivity index (χ3v) is 7.05. The van der Waals surface area contributed by atoms with Crippen LogP contribution in [0.15, 0.2) is 20.1 Å². The highest BCUT2D eigenvalue weighted by Crippen LogP contribution is 2.43. The van der Waals surface area contributed by atoms with Crippen LogP contribution in [-0.2, 0) is 19.2 Å². The first-order valence-electron chi connectivity index (χ1n) is 8.88. The Morgan fingerprint density at radius 2 is 2.12 bits per heavy atom. The van der Waals surface area contributed by atoms with Gasteiger partial charge in [0.2, 0.25) is 16.7 Å². The van der Waals surface area contributed by atoms with Gasteiger partial charge in [-0.25, -0.2) is 4.79 Å². The number of aliphatic carboxylic acids is 1. The van der Waals surface area contributed by atoms with E-state index in [1.54, 1.807) is 0 Å². The second kappa shape index (κ2) is 8.67. The molecule has 0 radical (unpaired) electrons. The van der Waals surface area contributed by atoms with Crippen LogP contribution in [0.2, 0.25) is 0 Å². The number of nitrogens with two attached hydrogens (primary N) is 2. The molecule has 4 rings (SSSR count). The number of allylic oxidation sites excluding steroid dienone is 1. The van der Waals surface area contributed by atoms with E-state index in [1.807, 2.05) is 0 Å². The maximum absolute atomic E-state index is 12.8. The molecule has 32 heavy (non-hydrogen) atoms. The van der Waals surface area contributed by atoms with Crippen LogP contribution in [0.25, 0.3) is 0 Å². The molecule has 0 aliphatic carbocycles. The normalized spacial score (nSPS) is 20.6. The van der Waals surface area contributed by atoms with Crippen LogP contribution in [0.3, 0.4) is 0 Å². The third kappa shape index (κ3) is 3.96. The topological polar surface area (TPSA) is 212 Å². The number of anilines is 2. The van der Waals surface area contributed by atoms with Crippen LogP contribution in [0.1, 0.15) is 18.7 Å². The van der Waals surface area contributed by atoms with Crippen molar-refractivity contribution in [1.82, 2.24) is 29.8 Å². The Morgan fingerprint density at radius 1 is 1.34 bits per heavy atom. The number of rotatable bonds is 7. The SMILES string of the molecule is CON=C(C(=O)N[C@@H]1C(=O)N2C(C(=O)O)=C(Sc3nnc(N)s3)CC[C@H]12)c1nsc(N)n1. The van der Waals surface area contributed by atoms with Crippen molar-refractivity contribution in [3.63, 3.8) is 0 Å². The van der Waals surface area contributed by atoms with Gasteiger partial charge in [0.15, 0.2) is 9.47 Å². The predicted molar refractivity (Wildman–Crippen MR) is 115 cm³/mol. The second-order valence-corrected chi connectivity index (χ2v) is 9.56. The number of nitrogen functional groups attached to an aromatic ring is 2. The number of amides is 2. The Bertz CT molecular complexity index is 1160. The van der Waals surface area contributed by atoms with E-state index in [9.17, 15) is 19.5 Å². The van der Waals surface area contributed by atoms with Crippen LogP contribution < -0.4 is 16.8 Å². The van der Waals surface area contributed by atoms with Gasteiger partial charge in [-0.05, 0) is 12.8 Å². The van der Waals surface area contributed by atoms with Crippen molar-refractivity contribution in [2.75, 3.05) is 18.6 Å². The van der Waals surface area contributed by atoms with Gasteiger partial charge in [-0.15, -0.1) is 10.2 Å². The zero-order valence-electron chi connectivity index (χ0n) is 16.2. The maximum Gasteiger partial charge on any atom is 0.353 e. The van der Waals surface area contributed by atoms with Gasteiger partial charge in [-0.3, -0.25) is 14.5 Å². The average molecular weight is 498 g/mol. The zero-order chi connectivity index (χ0) is 23.0. The van der Waals surface area contributed by atoms with Gasteiger partial charge in [-0.1, -0.05) is 28.3 Å². The lowest BCUT2D eigenvalue weighted by Crippen LogP contribution is -2.72. The summed E-state index contributed by atoms with van der Waals surface area (Å²) in [4.78, 5) is 47.7. The van der Waals surface area contributed by atoms with Crippen molar-refractivity contribution in [2.24, 2.45) is 5.16 Å². The van der Waals surface area contributed by atoms with E-state index in [1.165, 1.54) is 12.0 Å². The fourth-order valence-corrected chi connectivity index (χ4v) is 5.61. The van der Waals surface area contributed by atoms with E-state index in [0.717, 1.165) is 34.6 Å². The lowest BCUT2D eigenvalue weighted by Gasteiger charge is -2.49. The maximum atomic E-state index is 12.8. The number of carboxylic acids is 1. The van der Waals surface area contributed by atoms with Gasteiger partial charge in [0, 0.05) is 16.4 Å². The lowest BCUT2D eigenvalue weighted by atomic mass is 9.86. The number of carboxylic acid groups (broad SMARTS) is 1. The molecule has 0 unspecified atom stereocenters. The Balaban J connectivity index is 1.53. The van der Waals surface area contributed by atoms with Crippen LogP contribution in [0.4, 0.5) is 10.3 Å². The number of carbonyl (C=O) groups is 3. The minimum Gasteiger partial charge on any atom is -0.477 e. The van der Waals surface area contributed by atoms with Gasteiger partial charge in [-0.2, -0.15) is 9.36 Å². The summed E-state index contributed by atoms with van der Waals surface area (Å²) in [5.74, 6) is -2.59. The van der Waals surface area contributed by atoms with Crippen molar-refractivity contribution in [3.8, 4) is 0 Å². The third-order valence-electron chi connectivity index (χ3n) is 4.57. The summed E-state index contributed by atoms with van der Waals surface area (Å²) in [6, 6.07) is -1.46. The molecular formula is C15H15N9O5S3. The van der Waals surface area contributed by atoms with Crippen LogP contribution in [0.5, 0.6) is 0 Å². The molecule has 14 nitrogen and oxygen atoms in total. The monoisotopic (exact) mass is 497 g/mol. The van der Waals surface area contributed by atoms with E-state index in [0.29, 0.717) is 22.1 Å². The molecular weight excluding hydrogens is 482 g/mol. The van der Waals surface area contributed by atoms with E-state index < -0.39 is 29.9 Å². The lowest BCUT2D eigenvalue weighted by molar-refractivity contribution is -0.155. The van der Waals surface area contributed by atoms with Crippen LogP contribution >= 0.6 is 34.6 Å². The number of fused-ring (bicyclic) bond motifs is 1. The number of carbonyl (C=O) groups excluding carboxylic acids is 2. The van der Waals surface area contributed by atoms with Crippen LogP contribution in [-0.4, -0.2) is 72.3 Å². The molecule has 17 heteroatoms. The highest BCUT2D eigenvalue weighted by molar-refractivity contribution is 8.04. The summed E-state index contributed by atoms with van der Waals surface area (Å²) in [5, 5.41) is 23.9. The first-order valence-corrected chi connectivity index (χ1v) is 11.3. The Morgan fingerprint density at radius 3 is 2.72 bits per heavy atom.